The highest BCUT2D eigenvalue weighted by molar-refractivity contribution is 9.10. The van der Waals surface area contributed by atoms with Gasteiger partial charge < -0.3 is 9.47 Å². The van der Waals surface area contributed by atoms with E-state index in [4.69, 9.17) is 9.47 Å². The van der Waals surface area contributed by atoms with Gasteiger partial charge in [-0.1, -0.05) is 15.9 Å². The summed E-state index contributed by atoms with van der Waals surface area (Å²) < 4.78 is 10.8. The Morgan fingerprint density at radius 1 is 1.23 bits per heavy atom. The molecule has 0 spiro atoms. The van der Waals surface area contributed by atoms with Gasteiger partial charge >= 0.3 is 5.97 Å². The molecule has 22 heavy (non-hydrogen) atoms. The molecule has 0 unspecified atom stereocenters. The first-order chi connectivity index (χ1) is 10.6. The van der Waals surface area contributed by atoms with Crippen LogP contribution in [0, 0.1) is 0 Å². The largest absolute Gasteiger partial charge is 0.454 e. The minimum Gasteiger partial charge on any atom is -0.454 e. The van der Waals surface area contributed by atoms with Gasteiger partial charge in [0, 0.05) is 16.6 Å². The number of ether oxygens (including phenoxy) is 2. The first-order valence-electron chi connectivity index (χ1n) is 6.69. The summed E-state index contributed by atoms with van der Waals surface area (Å²) >= 11 is 3.26. The lowest BCUT2D eigenvalue weighted by Crippen LogP contribution is -2.44. The molecule has 2 N–H and O–H groups in total. The fourth-order valence-electron chi connectivity index (χ4n) is 1.83. The molecule has 118 valence electrons. The normalized spacial score (nSPS) is 16.9. The van der Waals surface area contributed by atoms with E-state index in [1.165, 1.54) is 0 Å². The molecule has 1 aliphatic rings. The molecule has 1 aliphatic heterocycles. The quantitative estimate of drug-likeness (QED) is 0.607. The van der Waals surface area contributed by atoms with E-state index in [9.17, 15) is 14.4 Å². The number of hydrogen-bond donors (Lipinski definition) is 2. The number of hydrazine groups is 1. The molecule has 7 nitrogen and oxygen atoms in total. The summed E-state index contributed by atoms with van der Waals surface area (Å²) in [6.07, 6.45) is 0.806. The van der Waals surface area contributed by atoms with E-state index < -0.39 is 30.5 Å². The van der Waals surface area contributed by atoms with Crippen LogP contribution in [0.2, 0.25) is 0 Å². The minimum absolute atomic E-state index is 0.389. The molecule has 0 bridgehead atoms. The van der Waals surface area contributed by atoms with E-state index in [-0.39, 0.29) is 0 Å². The van der Waals surface area contributed by atoms with Crippen LogP contribution in [0.5, 0.6) is 0 Å². The second-order valence-electron chi connectivity index (χ2n) is 4.62. The van der Waals surface area contributed by atoms with E-state index in [2.05, 4.69) is 26.8 Å². The first-order valence-corrected chi connectivity index (χ1v) is 7.48. The number of amides is 2. The van der Waals surface area contributed by atoms with Gasteiger partial charge in [0.05, 0.1) is 0 Å². The fourth-order valence-corrected chi connectivity index (χ4v) is 2.09. The van der Waals surface area contributed by atoms with Gasteiger partial charge in [-0.2, -0.15) is 0 Å². The van der Waals surface area contributed by atoms with Crippen LogP contribution in [0.4, 0.5) is 0 Å². The summed E-state index contributed by atoms with van der Waals surface area (Å²) in [6, 6.07) is 6.62. The fraction of sp³-hybridized carbons (Fsp3) is 0.357. The summed E-state index contributed by atoms with van der Waals surface area (Å²) in [7, 11) is 0. The van der Waals surface area contributed by atoms with Gasteiger partial charge in [-0.25, -0.2) is 4.79 Å². The molecule has 1 atom stereocenters. The second-order valence-corrected chi connectivity index (χ2v) is 5.53. The van der Waals surface area contributed by atoms with Gasteiger partial charge in [-0.15, -0.1) is 0 Å². The molecule has 1 aromatic rings. The van der Waals surface area contributed by atoms with Crippen molar-refractivity contribution in [1.29, 1.82) is 0 Å². The third kappa shape index (κ3) is 4.81. The Hall–Kier alpha value is -1.93. The number of hydrogen-bond acceptors (Lipinski definition) is 5. The van der Waals surface area contributed by atoms with Crippen molar-refractivity contribution in [2.45, 2.75) is 18.9 Å². The molecule has 0 saturated carbocycles. The van der Waals surface area contributed by atoms with Gasteiger partial charge in [0.25, 0.3) is 11.8 Å². The molecule has 1 saturated heterocycles. The Kier molecular flexibility index (Phi) is 5.91. The highest BCUT2D eigenvalue weighted by atomic mass is 79.9. The van der Waals surface area contributed by atoms with Crippen LogP contribution in [-0.2, 0) is 19.1 Å². The Morgan fingerprint density at radius 3 is 2.59 bits per heavy atom. The summed E-state index contributed by atoms with van der Waals surface area (Å²) in [4.78, 5) is 34.8. The van der Waals surface area contributed by atoms with Crippen LogP contribution < -0.4 is 10.9 Å². The average molecular weight is 371 g/mol. The van der Waals surface area contributed by atoms with Gasteiger partial charge in [0.2, 0.25) is 0 Å². The van der Waals surface area contributed by atoms with Crippen molar-refractivity contribution in [1.82, 2.24) is 10.9 Å². The van der Waals surface area contributed by atoms with Crippen molar-refractivity contribution in [3.05, 3.63) is 34.3 Å². The SMILES string of the molecule is O=C(COC(=O)[C@H]1CCCO1)NNC(=O)c1ccc(Br)cc1. The number of esters is 1. The van der Waals surface area contributed by atoms with Gasteiger partial charge in [0.1, 0.15) is 0 Å². The average Bonchev–Trinajstić information content (AvgIpc) is 3.05. The third-order valence-electron chi connectivity index (χ3n) is 2.96. The maximum absolute atomic E-state index is 11.7. The van der Waals surface area contributed by atoms with Crippen LogP contribution in [-0.4, -0.2) is 37.1 Å². The number of carbonyl (C=O) groups excluding carboxylic acids is 3. The number of carbonyl (C=O) groups is 3. The molecule has 1 heterocycles. The van der Waals surface area contributed by atoms with Gasteiger partial charge in [0.15, 0.2) is 12.7 Å². The van der Waals surface area contributed by atoms with E-state index in [0.717, 1.165) is 10.9 Å². The number of benzene rings is 1. The highest BCUT2D eigenvalue weighted by Crippen LogP contribution is 2.13. The Morgan fingerprint density at radius 2 is 1.95 bits per heavy atom. The molecule has 2 amide bonds. The molecule has 2 rings (SSSR count). The lowest BCUT2D eigenvalue weighted by molar-refractivity contribution is -0.157. The molecule has 1 aromatic carbocycles. The Labute approximate surface area is 135 Å². The summed E-state index contributed by atoms with van der Waals surface area (Å²) in [5, 5.41) is 0. The molecule has 0 aliphatic carbocycles. The minimum atomic E-state index is -0.628. The zero-order chi connectivity index (χ0) is 15.9. The number of halogens is 1. The third-order valence-corrected chi connectivity index (χ3v) is 3.49. The van der Waals surface area contributed by atoms with E-state index in [1.54, 1.807) is 24.3 Å². The molecular formula is C14H15BrN2O5. The zero-order valence-corrected chi connectivity index (χ0v) is 13.2. The Bertz CT molecular complexity index is 555. The first kappa shape index (κ1) is 16.4. The van der Waals surface area contributed by atoms with Crippen LogP contribution >= 0.6 is 15.9 Å². The smallest absolute Gasteiger partial charge is 0.335 e. The molecule has 0 aromatic heterocycles. The highest BCUT2D eigenvalue weighted by Gasteiger charge is 2.25. The van der Waals surface area contributed by atoms with Crippen LogP contribution in [0.25, 0.3) is 0 Å². The van der Waals surface area contributed by atoms with Crippen molar-refractivity contribution < 1.29 is 23.9 Å². The van der Waals surface area contributed by atoms with Crippen LogP contribution in [0.15, 0.2) is 28.7 Å². The predicted molar refractivity (Wildman–Crippen MR) is 79.7 cm³/mol. The van der Waals surface area contributed by atoms with E-state index >= 15 is 0 Å². The lowest BCUT2D eigenvalue weighted by atomic mass is 10.2. The Balaban J connectivity index is 1.69. The van der Waals surface area contributed by atoms with Crippen molar-refractivity contribution >= 4 is 33.7 Å². The van der Waals surface area contributed by atoms with Crippen molar-refractivity contribution in [3.63, 3.8) is 0 Å². The summed E-state index contributed by atoms with van der Waals surface area (Å²) in [6.45, 7) is 0.0501. The van der Waals surface area contributed by atoms with Crippen LogP contribution in [0.1, 0.15) is 23.2 Å². The molecule has 0 radical (unpaired) electrons. The lowest BCUT2D eigenvalue weighted by Gasteiger charge is -2.10. The monoisotopic (exact) mass is 370 g/mol. The van der Waals surface area contributed by atoms with Crippen LogP contribution in [0.3, 0.4) is 0 Å². The van der Waals surface area contributed by atoms with Crippen molar-refractivity contribution in [3.8, 4) is 0 Å². The maximum atomic E-state index is 11.7. The van der Waals surface area contributed by atoms with Crippen molar-refractivity contribution in [2.75, 3.05) is 13.2 Å². The topological polar surface area (TPSA) is 93.7 Å². The van der Waals surface area contributed by atoms with E-state index in [0.29, 0.717) is 18.6 Å². The number of nitrogens with one attached hydrogen (secondary N) is 2. The molecule has 8 heteroatoms. The van der Waals surface area contributed by atoms with Crippen molar-refractivity contribution in [2.24, 2.45) is 0 Å². The molecule has 1 fully saturated rings. The summed E-state index contributed by atoms with van der Waals surface area (Å²) in [5.74, 6) is -1.66. The van der Waals surface area contributed by atoms with E-state index in [1.807, 2.05) is 0 Å². The predicted octanol–water partition coefficient (Wildman–Crippen LogP) is 0.932. The van der Waals surface area contributed by atoms with Gasteiger partial charge in [-0.05, 0) is 37.1 Å². The molecular weight excluding hydrogens is 356 g/mol. The van der Waals surface area contributed by atoms with Gasteiger partial charge in [-0.3, -0.25) is 20.4 Å². The number of rotatable bonds is 4. The second kappa shape index (κ2) is 7.90. The zero-order valence-electron chi connectivity index (χ0n) is 11.6. The maximum Gasteiger partial charge on any atom is 0.335 e. The summed E-state index contributed by atoms with van der Waals surface area (Å²) in [5.41, 5.74) is 4.80. The standard InChI is InChI=1S/C14H15BrN2O5/c15-10-5-3-9(4-6-10)13(19)17-16-12(18)8-22-14(20)11-2-1-7-21-11/h3-6,11H,1-2,7-8H2,(H,16,18)(H,17,19)/t11-/m1/s1.